The molecule has 1 atom stereocenters. The molecule has 0 aromatic heterocycles. The molecule has 0 amide bonds. The molecular formula is C10H12F3N. The molecule has 1 unspecified atom stereocenters. The Morgan fingerprint density at radius 3 is 2.29 bits per heavy atom. The second-order valence-corrected chi connectivity index (χ2v) is 3.61. The maximum atomic E-state index is 12.2. The summed E-state index contributed by atoms with van der Waals surface area (Å²) in [6.07, 6.45) is -4.26. The van der Waals surface area contributed by atoms with Crippen molar-refractivity contribution >= 4 is 5.71 Å². The van der Waals surface area contributed by atoms with E-state index < -0.39 is 11.9 Å². The monoisotopic (exact) mass is 203 g/mol. The van der Waals surface area contributed by atoms with Gasteiger partial charge >= 0.3 is 6.18 Å². The Morgan fingerprint density at radius 1 is 1.50 bits per heavy atom. The van der Waals surface area contributed by atoms with Crippen LogP contribution in [0.2, 0.25) is 0 Å². The summed E-state index contributed by atoms with van der Waals surface area (Å²) in [5, 5.41) is 7.02. The van der Waals surface area contributed by atoms with Crippen LogP contribution in [0, 0.1) is 11.3 Å². The van der Waals surface area contributed by atoms with E-state index in [1.807, 2.05) is 6.92 Å². The van der Waals surface area contributed by atoms with Gasteiger partial charge in [0.05, 0.1) is 0 Å². The normalized spacial score (nSPS) is 23.2. The van der Waals surface area contributed by atoms with Crippen LogP contribution in [0.3, 0.4) is 0 Å². The van der Waals surface area contributed by atoms with Crippen LogP contribution in [0.25, 0.3) is 0 Å². The molecule has 1 aliphatic rings. The van der Waals surface area contributed by atoms with Crippen LogP contribution in [0.1, 0.15) is 20.3 Å². The SMILES string of the molecule is C=C1C(C)=C(C(=N)C(F)(F)F)CC1C. The minimum atomic E-state index is -4.54. The number of allylic oxidation sites excluding steroid dienone is 3. The van der Waals surface area contributed by atoms with E-state index in [2.05, 4.69) is 6.58 Å². The predicted octanol–water partition coefficient (Wildman–Crippen LogP) is 3.48. The molecule has 0 aromatic rings. The fourth-order valence-electron chi connectivity index (χ4n) is 1.61. The second kappa shape index (κ2) is 3.26. The van der Waals surface area contributed by atoms with Crippen LogP contribution >= 0.6 is 0 Å². The Morgan fingerprint density at radius 2 is 2.00 bits per heavy atom. The summed E-state index contributed by atoms with van der Waals surface area (Å²) in [5.74, 6) is 0.0210. The van der Waals surface area contributed by atoms with Gasteiger partial charge in [0, 0.05) is 0 Å². The molecule has 14 heavy (non-hydrogen) atoms. The molecule has 1 aliphatic carbocycles. The van der Waals surface area contributed by atoms with Gasteiger partial charge in [0.15, 0.2) is 0 Å². The molecule has 0 radical (unpaired) electrons. The van der Waals surface area contributed by atoms with Crippen molar-refractivity contribution in [3.63, 3.8) is 0 Å². The van der Waals surface area contributed by atoms with Crippen LogP contribution in [-0.2, 0) is 0 Å². The molecule has 0 fully saturated rings. The van der Waals surface area contributed by atoms with Crippen molar-refractivity contribution in [1.29, 1.82) is 5.41 Å². The molecule has 0 aliphatic heterocycles. The Kier molecular flexibility index (Phi) is 2.56. The van der Waals surface area contributed by atoms with Crippen LogP contribution in [-0.4, -0.2) is 11.9 Å². The van der Waals surface area contributed by atoms with Crippen LogP contribution in [0.4, 0.5) is 13.2 Å². The highest BCUT2D eigenvalue weighted by molar-refractivity contribution is 6.03. The molecule has 0 bridgehead atoms. The highest BCUT2D eigenvalue weighted by Gasteiger charge is 2.39. The molecule has 0 aromatic carbocycles. The molecule has 1 N–H and O–H groups in total. The maximum absolute atomic E-state index is 12.2. The Bertz CT molecular complexity index is 323. The van der Waals surface area contributed by atoms with Gasteiger partial charge in [-0.05, 0) is 36.0 Å². The van der Waals surface area contributed by atoms with E-state index in [1.165, 1.54) is 0 Å². The van der Waals surface area contributed by atoms with Crippen molar-refractivity contribution in [2.24, 2.45) is 5.92 Å². The molecule has 0 saturated heterocycles. The first-order valence-corrected chi connectivity index (χ1v) is 4.30. The fourth-order valence-corrected chi connectivity index (χ4v) is 1.61. The molecule has 0 heterocycles. The molecule has 0 spiro atoms. The fraction of sp³-hybridized carbons (Fsp3) is 0.500. The van der Waals surface area contributed by atoms with Gasteiger partial charge in [-0.2, -0.15) is 13.2 Å². The van der Waals surface area contributed by atoms with E-state index in [-0.39, 0.29) is 17.9 Å². The van der Waals surface area contributed by atoms with Gasteiger partial charge in [-0.3, -0.25) is 5.41 Å². The first-order valence-electron chi connectivity index (χ1n) is 4.30. The third kappa shape index (κ3) is 1.74. The van der Waals surface area contributed by atoms with Gasteiger partial charge in [0.2, 0.25) is 0 Å². The summed E-state index contributed by atoms with van der Waals surface area (Å²) in [6.45, 7) is 7.13. The number of halogens is 3. The molecular weight excluding hydrogens is 191 g/mol. The summed E-state index contributed by atoms with van der Waals surface area (Å²) in [7, 11) is 0. The Hall–Kier alpha value is -1.06. The zero-order valence-electron chi connectivity index (χ0n) is 8.13. The third-order valence-corrected chi connectivity index (χ3v) is 2.62. The molecule has 78 valence electrons. The molecule has 1 rings (SSSR count). The minimum absolute atomic E-state index is 0.0210. The highest BCUT2D eigenvalue weighted by atomic mass is 19.4. The van der Waals surface area contributed by atoms with E-state index in [0.717, 1.165) is 0 Å². The lowest BCUT2D eigenvalue weighted by Crippen LogP contribution is -2.23. The summed E-state index contributed by atoms with van der Waals surface area (Å²) in [4.78, 5) is 0. The largest absolute Gasteiger partial charge is 0.432 e. The van der Waals surface area contributed by atoms with E-state index in [1.54, 1.807) is 6.92 Å². The summed E-state index contributed by atoms with van der Waals surface area (Å²) in [5.41, 5.74) is 0.115. The first-order chi connectivity index (χ1) is 6.25. The van der Waals surface area contributed by atoms with Crippen molar-refractivity contribution in [2.45, 2.75) is 26.4 Å². The van der Waals surface area contributed by atoms with Crippen LogP contribution in [0.15, 0.2) is 23.3 Å². The van der Waals surface area contributed by atoms with E-state index >= 15 is 0 Å². The van der Waals surface area contributed by atoms with Gasteiger partial charge in [-0.25, -0.2) is 0 Å². The molecule has 0 saturated carbocycles. The predicted molar refractivity (Wildman–Crippen MR) is 49.4 cm³/mol. The first kappa shape index (κ1) is 11.0. The number of nitrogens with one attached hydrogen (secondary N) is 1. The van der Waals surface area contributed by atoms with Crippen LogP contribution < -0.4 is 0 Å². The number of rotatable bonds is 1. The topological polar surface area (TPSA) is 23.9 Å². The third-order valence-electron chi connectivity index (χ3n) is 2.62. The Balaban J connectivity index is 3.02. The summed E-state index contributed by atoms with van der Waals surface area (Å²) >= 11 is 0. The van der Waals surface area contributed by atoms with Gasteiger partial charge in [-0.15, -0.1) is 0 Å². The number of hydrogen-bond donors (Lipinski definition) is 1. The van der Waals surface area contributed by atoms with Gasteiger partial charge < -0.3 is 0 Å². The lowest BCUT2D eigenvalue weighted by atomic mass is 10.0. The quantitative estimate of drug-likeness (QED) is 0.631. The van der Waals surface area contributed by atoms with E-state index in [0.29, 0.717) is 11.1 Å². The molecule has 4 heteroatoms. The summed E-state index contributed by atoms with van der Waals surface area (Å²) < 4.78 is 36.7. The maximum Gasteiger partial charge on any atom is 0.432 e. The summed E-state index contributed by atoms with van der Waals surface area (Å²) in [6, 6.07) is 0. The van der Waals surface area contributed by atoms with Crippen molar-refractivity contribution in [2.75, 3.05) is 0 Å². The molecule has 1 nitrogen and oxygen atoms in total. The van der Waals surface area contributed by atoms with Gasteiger partial charge in [0.1, 0.15) is 5.71 Å². The standard InChI is InChI=1S/C10H12F3N/c1-5-4-8(7(3)6(5)2)9(14)10(11,12)13/h5,14H,2,4H2,1,3H3. The minimum Gasteiger partial charge on any atom is -0.296 e. The van der Waals surface area contributed by atoms with Crippen molar-refractivity contribution in [1.82, 2.24) is 0 Å². The average molecular weight is 203 g/mol. The van der Waals surface area contributed by atoms with Gasteiger partial charge in [0.25, 0.3) is 0 Å². The van der Waals surface area contributed by atoms with Crippen molar-refractivity contribution in [3.05, 3.63) is 23.3 Å². The number of hydrogen-bond acceptors (Lipinski definition) is 1. The zero-order chi connectivity index (χ0) is 11.1. The lowest BCUT2D eigenvalue weighted by Gasteiger charge is -2.09. The smallest absolute Gasteiger partial charge is 0.296 e. The van der Waals surface area contributed by atoms with E-state index in [4.69, 9.17) is 5.41 Å². The Labute approximate surface area is 80.8 Å². The van der Waals surface area contributed by atoms with E-state index in [9.17, 15) is 13.2 Å². The van der Waals surface area contributed by atoms with Gasteiger partial charge in [-0.1, -0.05) is 13.5 Å². The van der Waals surface area contributed by atoms with Crippen molar-refractivity contribution < 1.29 is 13.2 Å². The van der Waals surface area contributed by atoms with Crippen LogP contribution in [0.5, 0.6) is 0 Å². The zero-order valence-corrected chi connectivity index (χ0v) is 8.13. The second-order valence-electron chi connectivity index (χ2n) is 3.61. The lowest BCUT2D eigenvalue weighted by molar-refractivity contribution is -0.0591. The number of alkyl halides is 3. The highest BCUT2D eigenvalue weighted by Crippen LogP contribution is 2.38. The van der Waals surface area contributed by atoms with Crippen molar-refractivity contribution in [3.8, 4) is 0 Å². The average Bonchev–Trinajstić information content (AvgIpc) is 2.30.